The molecular formula is C16H13NO2. The number of phenolic OH excluding ortho intramolecular Hbond substituents is 1. The average Bonchev–Trinajstić information content (AvgIpc) is 2.47. The van der Waals surface area contributed by atoms with Crippen molar-refractivity contribution in [2.45, 2.75) is 0 Å². The summed E-state index contributed by atoms with van der Waals surface area (Å²) in [5.41, 5.74) is 2.60. The van der Waals surface area contributed by atoms with Gasteiger partial charge in [-0.25, -0.2) is 0 Å². The Morgan fingerprint density at radius 2 is 1.74 bits per heavy atom. The van der Waals surface area contributed by atoms with Crippen LogP contribution in [0.1, 0.15) is 0 Å². The van der Waals surface area contributed by atoms with Crippen molar-refractivity contribution < 1.29 is 9.84 Å². The summed E-state index contributed by atoms with van der Waals surface area (Å²) in [5.74, 6) is 0.625. The fraction of sp³-hybridized carbons (Fsp3) is 0.0625. The molecular weight excluding hydrogens is 238 g/mol. The Balaban J connectivity index is 2.31. The predicted octanol–water partition coefficient (Wildman–Crippen LogP) is 3.62. The van der Waals surface area contributed by atoms with Crippen LogP contribution in [0.3, 0.4) is 0 Å². The molecule has 3 aromatic rings. The summed E-state index contributed by atoms with van der Waals surface area (Å²) in [7, 11) is 1.55. The minimum Gasteiger partial charge on any atom is -0.504 e. The van der Waals surface area contributed by atoms with E-state index in [4.69, 9.17) is 4.74 Å². The van der Waals surface area contributed by atoms with Gasteiger partial charge in [-0.3, -0.25) is 4.98 Å². The molecule has 0 spiro atoms. The molecule has 1 aromatic heterocycles. The topological polar surface area (TPSA) is 42.4 Å². The number of aromatic nitrogens is 1. The lowest BCUT2D eigenvalue weighted by molar-refractivity contribution is 0.374. The molecule has 94 valence electrons. The van der Waals surface area contributed by atoms with Crippen LogP contribution in [0.4, 0.5) is 0 Å². The second kappa shape index (κ2) is 4.61. The van der Waals surface area contributed by atoms with E-state index in [9.17, 15) is 5.11 Å². The number of para-hydroxylation sites is 1. The zero-order valence-corrected chi connectivity index (χ0v) is 10.5. The zero-order valence-electron chi connectivity index (χ0n) is 10.5. The highest BCUT2D eigenvalue weighted by molar-refractivity contribution is 5.96. The normalized spacial score (nSPS) is 10.6. The van der Waals surface area contributed by atoms with Crippen LogP contribution in [-0.2, 0) is 0 Å². The number of fused-ring (bicyclic) bond motifs is 1. The Morgan fingerprint density at radius 3 is 2.58 bits per heavy atom. The van der Waals surface area contributed by atoms with Gasteiger partial charge in [0.2, 0.25) is 0 Å². The van der Waals surface area contributed by atoms with E-state index < -0.39 is 0 Å². The Labute approximate surface area is 111 Å². The predicted molar refractivity (Wildman–Crippen MR) is 75.4 cm³/mol. The third kappa shape index (κ3) is 1.89. The van der Waals surface area contributed by atoms with Crippen LogP contribution in [0.25, 0.3) is 22.0 Å². The number of hydrogen-bond donors (Lipinski definition) is 1. The fourth-order valence-electron chi connectivity index (χ4n) is 2.24. The Hall–Kier alpha value is -2.55. The van der Waals surface area contributed by atoms with Gasteiger partial charge in [-0.1, -0.05) is 30.3 Å². The molecule has 1 N–H and O–H groups in total. The molecule has 0 aliphatic heterocycles. The van der Waals surface area contributed by atoms with Crippen LogP contribution < -0.4 is 4.74 Å². The summed E-state index contributed by atoms with van der Waals surface area (Å²) in [6, 6.07) is 15.2. The van der Waals surface area contributed by atoms with Crippen LogP contribution in [0.5, 0.6) is 11.5 Å². The van der Waals surface area contributed by atoms with Crippen molar-refractivity contribution in [1.82, 2.24) is 4.98 Å². The summed E-state index contributed by atoms with van der Waals surface area (Å²) in [4.78, 5) is 4.33. The first kappa shape index (κ1) is 11.5. The van der Waals surface area contributed by atoms with E-state index in [-0.39, 0.29) is 5.75 Å². The molecule has 0 radical (unpaired) electrons. The van der Waals surface area contributed by atoms with E-state index in [1.165, 1.54) is 0 Å². The molecule has 19 heavy (non-hydrogen) atoms. The number of nitrogens with zero attached hydrogens (tertiary/aromatic N) is 1. The maximum atomic E-state index is 10.3. The van der Waals surface area contributed by atoms with Crippen LogP contribution in [0.2, 0.25) is 0 Å². The van der Waals surface area contributed by atoms with Crippen LogP contribution in [-0.4, -0.2) is 17.2 Å². The second-order valence-electron chi connectivity index (χ2n) is 4.23. The number of aromatic hydroxyl groups is 1. The van der Waals surface area contributed by atoms with Gasteiger partial charge in [0.05, 0.1) is 12.6 Å². The van der Waals surface area contributed by atoms with E-state index in [1.807, 2.05) is 42.5 Å². The van der Waals surface area contributed by atoms with Gasteiger partial charge in [0.1, 0.15) is 0 Å². The number of pyridine rings is 1. The van der Waals surface area contributed by atoms with E-state index in [0.29, 0.717) is 5.75 Å². The van der Waals surface area contributed by atoms with E-state index in [0.717, 1.165) is 22.0 Å². The van der Waals surface area contributed by atoms with Gasteiger partial charge in [0.25, 0.3) is 0 Å². The molecule has 3 heteroatoms. The van der Waals surface area contributed by atoms with Gasteiger partial charge in [0, 0.05) is 17.1 Å². The first-order valence-corrected chi connectivity index (χ1v) is 6.01. The third-order valence-corrected chi connectivity index (χ3v) is 3.15. The quantitative estimate of drug-likeness (QED) is 0.756. The Bertz CT molecular complexity index is 732. The highest BCUT2D eigenvalue weighted by Gasteiger charge is 2.11. The molecule has 0 saturated carbocycles. The summed E-state index contributed by atoms with van der Waals surface area (Å²) >= 11 is 0. The highest BCUT2D eigenvalue weighted by Crippen LogP contribution is 2.39. The fourth-order valence-corrected chi connectivity index (χ4v) is 2.24. The molecule has 0 fully saturated rings. The van der Waals surface area contributed by atoms with Gasteiger partial charge < -0.3 is 9.84 Å². The molecule has 3 nitrogen and oxygen atoms in total. The van der Waals surface area contributed by atoms with Gasteiger partial charge in [-0.15, -0.1) is 0 Å². The van der Waals surface area contributed by atoms with Gasteiger partial charge in [-0.2, -0.15) is 0 Å². The number of hydrogen-bond acceptors (Lipinski definition) is 3. The van der Waals surface area contributed by atoms with E-state index >= 15 is 0 Å². The number of phenols is 1. The largest absolute Gasteiger partial charge is 0.504 e. The lowest BCUT2D eigenvalue weighted by Crippen LogP contribution is -1.88. The molecule has 0 bridgehead atoms. The van der Waals surface area contributed by atoms with Crippen molar-refractivity contribution >= 4 is 10.9 Å². The standard InChI is InChI=1S/C16H13NO2/c1-19-15-9-3-6-13(16(15)18)11-5-2-8-14-12(11)7-4-10-17-14/h2-10,18H,1H3. The molecule has 0 atom stereocenters. The smallest absolute Gasteiger partial charge is 0.165 e. The number of methoxy groups -OCH3 is 1. The van der Waals surface area contributed by atoms with Crippen molar-refractivity contribution in [1.29, 1.82) is 0 Å². The molecule has 0 amide bonds. The summed E-state index contributed by atoms with van der Waals surface area (Å²) in [6.45, 7) is 0. The summed E-state index contributed by atoms with van der Waals surface area (Å²) < 4.78 is 5.15. The first-order valence-electron chi connectivity index (χ1n) is 6.01. The maximum absolute atomic E-state index is 10.3. The second-order valence-corrected chi connectivity index (χ2v) is 4.23. The molecule has 1 heterocycles. The summed E-state index contributed by atoms with van der Waals surface area (Å²) in [5, 5.41) is 11.3. The molecule has 0 unspecified atom stereocenters. The van der Waals surface area contributed by atoms with E-state index in [1.54, 1.807) is 19.4 Å². The first-order chi connectivity index (χ1) is 9.31. The molecule has 0 saturated heterocycles. The van der Waals surface area contributed by atoms with Crippen molar-refractivity contribution in [2.24, 2.45) is 0 Å². The van der Waals surface area contributed by atoms with Crippen LogP contribution in [0, 0.1) is 0 Å². The van der Waals surface area contributed by atoms with Crippen molar-refractivity contribution in [3.8, 4) is 22.6 Å². The Kier molecular flexibility index (Phi) is 2.80. The maximum Gasteiger partial charge on any atom is 0.165 e. The van der Waals surface area contributed by atoms with Crippen molar-refractivity contribution in [3.63, 3.8) is 0 Å². The monoisotopic (exact) mass is 251 g/mol. The van der Waals surface area contributed by atoms with Crippen LogP contribution >= 0.6 is 0 Å². The lowest BCUT2D eigenvalue weighted by atomic mass is 9.99. The molecule has 2 aromatic carbocycles. The van der Waals surface area contributed by atoms with Gasteiger partial charge in [0.15, 0.2) is 11.5 Å². The lowest BCUT2D eigenvalue weighted by Gasteiger charge is -2.10. The minimum absolute atomic E-state index is 0.154. The number of benzene rings is 2. The van der Waals surface area contributed by atoms with Crippen LogP contribution in [0.15, 0.2) is 54.7 Å². The number of rotatable bonds is 2. The summed E-state index contributed by atoms with van der Waals surface area (Å²) in [6.07, 6.45) is 1.76. The zero-order chi connectivity index (χ0) is 13.2. The van der Waals surface area contributed by atoms with Crippen molar-refractivity contribution in [3.05, 3.63) is 54.7 Å². The van der Waals surface area contributed by atoms with E-state index in [2.05, 4.69) is 4.98 Å². The van der Waals surface area contributed by atoms with Gasteiger partial charge >= 0.3 is 0 Å². The molecule has 0 aliphatic carbocycles. The SMILES string of the molecule is COc1cccc(-c2cccc3ncccc23)c1O. The average molecular weight is 251 g/mol. The number of ether oxygens (including phenoxy) is 1. The van der Waals surface area contributed by atoms with Crippen molar-refractivity contribution in [2.75, 3.05) is 7.11 Å². The Morgan fingerprint density at radius 1 is 0.947 bits per heavy atom. The third-order valence-electron chi connectivity index (χ3n) is 3.15. The molecule has 0 aliphatic rings. The molecule has 3 rings (SSSR count). The minimum atomic E-state index is 0.154. The van der Waals surface area contributed by atoms with Gasteiger partial charge in [-0.05, 0) is 23.8 Å². The highest BCUT2D eigenvalue weighted by atomic mass is 16.5.